The molecule has 0 saturated heterocycles. The van der Waals surface area contributed by atoms with Crippen LogP contribution in [0.1, 0.15) is 31.5 Å². The molecule has 0 saturated carbocycles. The summed E-state index contributed by atoms with van der Waals surface area (Å²) in [5.74, 6) is 0. The van der Waals surface area contributed by atoms with E-state index in [1.54, 1.807) is 6.20 Å². The highest BCUT2D eigenvalue weighted by atomic mass is 35.5. The molecule has 2 nitrogen and oxygen atoms in total. The lowest BCUT2D eigenvalue weighted by molar-refractivity contribution is 0.567. The second kappa shape index (κ2) is 5.89. The molecule has 1 unspecified atom stereocenters. The Labute approximate surface area is 96.4 Å². The summed E-state index contributed by atoms with van der Waals surface area (Å²) < 4.78 is 0. The van der Waals surface area contributed by atoms with Crippen LogP contribution in [0.25, 0.3) is 0 Å². The van der Waals surface area contributed by atoms with Crippen molar-refractivity contribution in [2.75, 3.05) is 7.05 Å². The third kappa shape index (κ3) is 3.65. The standard InChI is InChI=1S/C12H17ClN2/c1-4-9(2)7-12(14-3)11-6-5-10(13)8-15-11/h5-6,8,12,14H,2,4,7H2,1,3H3. The highest BCUT2D eigenvalue weighted by molar-refractivity contribution is 6.30. The third-order valence-electron chi connectivity index (χ3n) is 2.45. The van der Waals surface area contributed by atoms with Crippen LogP contribution in [0.15, 0.2) is 30.5 Å². The maximum atomic E-state index is 5.79. The van der Waals surface area contributed by atoms with E-state index in [0.717, 1.165) is 18.5 Å². The van der Waals surface area contributed by atoms with Crippen molar-refractivity contribution >= 4 is 11.6 Å². The van der Waals surface area contributed by atoms with Crippen molar-refractivity contribution < 1.29 is 0 Å². The number of nitrogens with one attached hydrogen (secondary N) is 1. The minimum atomic E-state index is 0.231. The number of aromatic nitrogens is 1. The maximum Gasteiger partial charge on any atom is 0.0589 e. The quantitative estimate of drug-likeness (QED) is 0.776. The van der Waals surface area contributed by atoms with Crippen LogP contribution in [0.3, 0.4) is 0 Å². The van der Waals surface area contributed by atoms with Gasteiger partial charge in [0, 0.05) is 6.20 Å². The van der Waals surface area contributed by atoms with Gasteiger partial charge in [-0.3, -0.25) is 4.98 Å². The van der Waals surface area contributed by atoms with Crippen LogP contribution in [0, 0.1) is 0 Å². The number of hydrogen-bond donors (Lipinski definition) is 1. The third-order valence-corrected chi connectivity index (χ3v) is 2.67. The Balaban J connectivity index is 2.74. The molecule has 1 aromatic rings. The summed E-state index contributed by atoms with van der Waals surface area (Å²) in [6.45, 7) is 6.13. The maximum absolute atomic E-state index is 5.79. The number of hydrogen-bond acceptors (Lipinski definition) is 2. The fourth-order valence-corrected chi connectivity index (χ4v) is 1.49. The van der Waals surface area contributed by atoms with Crippen molar-refractivity contribution in [1.29, 1.82) is 0 Å². The molecular weight excluding hydrogens is 208 g/mol. The molecule has 0 aromatic carbocycles. The summed E-state index contributed by atoms with van der Waals surface area (Å²) in [6, 6.07) is 4.05. The molecule has 0 amide bonds. The molecule has 0 radical (unpaired) electrons. The molecule has 0 spiro atoms. The van der Waals surface area contributed by atoms with Gasteiger partial charge in [-0.05, 0) is 32.0 Å². The van der Waals surface area contributed by atoms with Crippen LogP contribution in [0.2, 0.25) is 5.02 Å². The molecule has 1 atom stereocenters. The Hall–Kier alpha value is -0.860. The van der Waals surface area contributed by atoms with Crippen molar-refractivity contribution in [1.82, 2.24) is 10.3 Å². The van der Waals surface area contributed by atoms with Crippen LogP contribution in [0.4, 0.5) is 0 Å². The first-order valence-electron chi connectivity index (χ1n) is 5.12. The van der Waals surface area contributed by atoms with Crippen molar-refractivity contribution in [3.63, 3.8) is 0 Å². The molecule has 0 aliphatic rings. The monoisotopic (exact) mass is 224 g/mol. The van der Waals surface area contributed by atoms with Crippen LogP contribution in [0.5, 0.6) is 0 Å². The van der Waals surface area contributed by atoms with Crippen molar-refractivity contribution in [2.24, 2.45) is 0 Å². The fraction of sp³-hybridized carbons (Fsp3) is 0.417. The zero-order valence-corrected chi connectivity index (χ0v) is 10.0. The van der Waals surface area contributed by atoms with E-state index in [9.17, 15) is 0 Å². The van der Waals surface area contributed by atoms with Gasteiger partial charge in [0.25, 0.3) is 0 Å². The summed E-state index contributed by atoms with van der Waals surface area (Å²) in [7, 11) is 1.93. The van der Waals surface area contributed by atoms with Gasteiger partial charge < -0.3 is 5.32 Å². The predicted molar refractivity (Wildman–Crippen MR) is 65.1 cm³/mol. The zero-order chi connectivity index (χ0) is 11.3. The molecule has 0 aliphatic heterocycles. The molecule has 0 fully saturated rings. The summed E-state index contributed by atoms with van der Waals surface area (Å²) in [6.07, 6.45) is 3.60. The van der Waals surface area contributed by atoms with Crippen molar-refractivity contribution in [2.45, 2.75) is 25.8 Å². The van der Waals surface area contributed by atoms with Crippen LogP contribution >= 0.6 is 11.6 Å². The lowest BCUT2D eigenvalue weighted by atomic mass is 10.0. The van der Waals surface area contributed by atoms with Gasteiger partial charge in [-0.1, -0.05) is 30.7 Å². The Morgan fingerprint density at radius 2 is 2.33 bits per heavy atom. The normalized spacial score (nSPS) is 12.5. The molecule has 0 bridgehead atoms. The van der Waals surface area contributed by atoms with E-state index in [1.807, 2.05) is 19.2 Å². The van der Waals surface area contributed by atoms with Gasteiger partial charge >= 0.3 is 0 Å². The van der Waals surface area contributed by atoms with E-state index < -0.39 is 0 Å². The lowest BCUT2D eigenvalue weighted by Crippen LogP contribution is -2.17. The highest BCUT2D eigenvalue weighted by Crippen LogP contribution is 2.20. The Bertz CT molecular complexity index is 319. The van der Waals surface area contributed by atoms with Gasteiger partial charge in [0.05, 0.1) is 16.8 Å². The van der Waals surface area contributed by atoms with Crippen molar-refractivity contribution in [3.8, 4) is 0 Å². The first-order chi connectivity index (χ1) is 7.17. The zero-order valence-electron chi connectivity index (χ0n) is 9.26. The van der Waals surface area contributed by atoms with E-state index in [-0.39, 0.29) is 6.04 Å². The van der Waals surface area contributed by atoms with Gasteiger partial charge in [0.2, 0.25) is 0 Å². The molecular formula is C12H17ClN2. The number of halogens is 1. The van der Waals surface area contributed by atoms with Crippen LogP contribution in [-0.4, -0.2) is 12.0 Å². The van der Waals surface area contributed by atoms with Gasteiger partial charge in [0.15, 0.2) is 0 Å². The highest BCUT2D eigenvalue weighted by Gasteiger charge is 2.10. The summed E-state index contributed by atoms with van der Waals surface area (Å²) >= 11 is 5.79. The first kappa shape index (κ1) is 12.2. The molecule has 82 valence electrons. The van der Waals surface area contributed by atoms with Crippen molar-refractivity contribution in [3.05, 3.63) is 41.2 Å². The summed E-state index contributed by atoms with van der Waals surface area (Å²) in [5.41, 5.74) is 2.24. The van der Waals surface area contributed by atoms with Crippen LogP contribution < -0.4 is 5.32 Å². The Morgan fingerprint density at radius 1 is 1.60 bits per heavy atom. The minimum absolute atomic E-state index is 0.231. The van der Waals surface area contributed by atoms with E-state index in [4.69, 9.17) is 11.6 Å². The minimum Gasteiger partial charge on any atom is -0.311 e. The largest absolute Gasteiger partial charge is 0.311 e. The molecule has 0 aliphatic carbocycles. The van der Waals surface area contributed by atoms with E-state index in [2.05, 4.69) is 23.8 Å². The second-order valence-electron chi connectivity index (χ2n) is 3.55. The Kier molecular flexibility index (Phi) is 4.79. The fourth-order valence-electron chi connectivity index (χ4n) is 1.38. The second-order valence-corrected chi connectivity index (χ2v) is 3.99. The average molecular weight is 225 g/mol. The van der Waals surface area contributed by atoms with Gasteiger partial charge in [-0.15, -0.1) is 0 Å². The lowest BCUT2D eigenvalue weighted by Gasteiger charge is -2.16. The van der Waals surface area contributed by atoms with Gasteiger partial charge in [0.1, 0.15) is 0 Å². The molecule has 15 heavy (non-hydrogen) atoms. The van der Waals surface area contributed by atoms with Gasteiger partial charge in [-0.2, -0.15) is 0 Å². The molecule has 1 heterocycles. The van der Waals surface area contributed by atoms with Gasteiger partial charge in [-0.25, -0.2) is 0 Å². The number of rotatable bonds is 5. The Morgan fingerprint density at radius 3 is 2.80 bits per heavy atom. The smallest absolute Gasteiger partial charge is 0.0589 e. The van der Waals surface area contributed by atoms with E-state index in [1.165, 1.54) is 5.57 Å². The SMILES string of the molecule is C=C(CC)CC(NC)c1ccc(Cl)cn1. The number of pyridine rings is 1. The molecule has 1 aromatic heterocycles. The van der Waals surface area contributed by atoms with E-state index >= 15 is 0 Å². The first-order valence-corrected chi connectivity index (χ1v) is 5.50. The summed E-state index contributed by atoms with van der Waals surface area (Å²) in [4.78, 5) is 4.30. The van der Waals surface area contributed by atoms with Crippen LogP contribution in [-0.2, 0) is 0 Å². The molecule has 1 rings (SSSR count). The van der Waals surface area contributed by atoms with E-state index in [0.29, 0.717) is 5.02 Å². The summed E-state index contributed by atoms with van der Waals surface area (Å²) in [5, 5.41) is 3.91. The average Bonchev–Trinajstić information content (AvgIpc) is 2.27. The molecule has 3 heteroatoms. The topological polar surface area (TPSA) is 24.9 Å². The number of nitrogens with zero attached hydrogens (tertiary/aromatic N) is 1. The molecule has 1 N–H and O–H groups in total. The predicted octanol–water partition coefficient (Wildman–Crippen LogP) is 3.35.